The van der Waals surface area contributed by atoms with Crippen LogP contribution >= 0.6 is 0 Å². The number of fused-ring (bicyclic) bond motifs is 1. The van der Waals surface area contributed by atoms with Gasteiger partial charge in [-0.1, -0.05) is 0 Å². The van der Waals surface area contributed by atoms with Crippen molar-refractivity contribution >= 4 is 17.0 Å². The fraction of sp³-hybridized carbons (Fsp3) is 0.250. The van der Waals surface area contributed by atoms with Crippen molar-refractivity contribution in [2.45, 2.75) is 6.61 Å². The first kappa shape index (κ1) is 8.76. The van der Waals surface area contributed by atoms with Gasteiger partial charge < -0.3 is 20.6 Å². The number of aliphatic hydroxyl groups is 1. The minimum absolute atomic E-state index is 0.0839. The molecular weight excluding hydrogens is 184 g/mol. The molecule has 14 heavy (non-hydrogen) atoms. The first-order valence-electron chi connectivity index (χ1n) is 4.04. The molecule has 0 spiro atoms. The number of methoxy groups -OCH3 is 1. The molecule has 2 rings (SSSR count). The van der Waals surface area contributed by atoms with Crippen LogP contribution in [0, 0.1) is 0 Å². The van der Waals surface area contributed by atoms with Gasteiger partial charge in [0, 0.05) is 5.69 Å². The first-order valence-corrected chi connectivity index (χ1v) is 4.04. The lowest BCUT2D eigenvalue weighted by molar-refractivity contribution is 0.278. The van der Waals surface area contributed by atoms with Gasteiger partial charge in [-0.25, -0.2) is 0 Å². The van der Waals surface area contributed by atoms with Crippen molar-refractivity contribution < 1.29 is 9.84 Å². The summed E-state index contributed by atoms with van der Waals surface area (Å²) in [7, 11) is 1.51. The Morgan fingerprint density at radius 3 is 3.00 bits per heavy atom. The Labute approximate surface area is 79.7 Å². The molecule has 0 bridgehead atoms. The second kappa shape index (κ2) is 3.15. The van der Waals surface area contributed by atoms with Crippen LogP contribution in [0.15, 0.2) is 6.07 Å². The van der Waals surface area contributed by atoms with Crippen molar-refractivity contribution in [3.05, 3.63) is 11.8 Å². The third-order valence-electron chi connectivity index (χ3n) is 1.89. The van der Waals surface area contributed by atoms with Gasteiger partial charge in [0.25, 0.3) is 0 Å². The van der Waals surface area contributed by atoms with E-state index < -0.39 is 0 Å². The number of nitrogens with zero attached hydrogens (tertiary/aromatic N) is 2. The quantitative estimate of drug-likeness (QED) is 0.627. The smallest absolute Gasteiger partial charge is 0.227 e. The zero-order chi connectivity index (χ0) is 10.1. The summed E-state index contributed by atoms with van der Waals surface area (Å²) in [6, 6.07) is 1.73. The van der Waals surface area contributed by atoms with Crippen molar-refractivity contribution in [2.24, 2.45) is 0 Å². The summed E-state index contributed by atoms with van der Waals surface area (Å²) in [5.41, 5.74) is 6.69. The standard InChI is InChI=1S/C8H10N4O2/c1-14-7-5-2-4(3-13)10-6(5)11-8(9)12-7/h2,13H,3H2,1H3,(H3,9,10,11,12). The number of aromatic nitrogens is 3. The molecule has 2 aromatic heterocycles. The van der Waals surface area contributed by atoms with Crippen LogP contribution in [-0.2, 0) is 6.61 Å². The molecule has 0 saturated carbocycles. The highest BCUT2D eigenvalue weighted by Gasteiger charge is 2.09. The number of hydrogen-bond acceptors (Lipinski definition) is 5. The molecule has 0 amide bonds. The van der Waals surface area contributed by atoms with Gasteiger partial charge in [0.1, 0.15) is 5.65 Å². The summed E-state index contributed by atoms with van der Waals surface area (Å²) < 4.78 is 5.03. The summed E-state index contributed by atoms with van der Waals surface area (Å²) in [6.45, 7) is -0.0839. The molecule has 2 aromatic rings. The Hall–Kier alpha value is -1.82. The highest BCUT2D eigenvalue weighted by molar-refractivity contribution is 5.82. The van der Waals surface area contributed by atoms with Gasteiger partial charge in [-0.3, -0.25) is 0 Å². The van der Waals surface area contributed by atoms with Crippen molar-refractivity contribution in [3.8, 4) is 5.88 Å². The summed E-state index contributed by atoms with van der Waals surface area (Å²) in [6.07, 6.45) is 0. The van der Waals surface area contributed by atoms with Gasteiger partial charge in [0.15, 0.2) is 0 Å². The Kier molecular flexibility index (Phi) is 1.97. The predicted molar refractivity (Wildman–Crippen MR) is 50.8 cm³/mol. The van der Waals surface area contributed by atoms with Crippen LogP contribution < -0.4 is 10.5 Å². The van der Waals surface area contributed by atoms with E-state index in [0.29, 0.717) is 22.6 Å². The molecule has 0 atom stereocenters. The average molecular weight is 194 g/mol. The van der Waals surface area contributed by atoms with Gasteiger partial charge in [0.2, 0.25) is 11.8 Å². The summed E-state index contributed by atoms with van der Waals surface area (Å²) >= 11 is 0. The van der Waals surface area contributed by atoms with E-state index in [-0.39, 0.29) is 12.6 Å². The molecule has 0 aliphatic heterocycles. The van der Waals surface area contributed by atoms with Crippen LogP contribution in [0.25, 0.3) is 11.0 Å². The van der Waals surface area contributed by atoms with E-state index in [0.717, 1.165) is 0 Å². The maximum Gasteiger partial charge on any atom is 0.227 e. The van der Waals surface area contributed by atoms with Crippen LogP contribution in [0.1, 0.15) is 5.69 Å². The number of hydrogen-bond donors (Lipinski definition) is 3. The van der Waals surface area contributed by atoms with Gasteiger partial charge in [-0.05, 0) is 6.07 Å². The highest BCUT2D eigenvalue weighted by atomic mass is 16.5. The number of aromatic amines is 1. The summed E-state index contributed by atoms with van der Waals surface area (Å²) in [5, 5.41) is 9.63. The van der Waals surface area contributed by atoms with E-state index in [1.165, 1.54) is 7.11 Å². The van der Waals surface area contributed by atoms with Crippen molar-refractivity contribution in [2.75, 3.05) is 12.8 Å². The van der Waals surface area contributed by atoms with Crippen LogP contribution in [0.5, 0.6) is 5.88 Å². The second-order valence-corrected chi connectivity index (χ2v) is 2.81. The van der Waals surface area contributed by atoms with Crippen molar-refractivity contribution in [1.82, 2.24) is 15.0 Å². The maximum absolute atomic E-state index is 8.92. The molecule has 0 aliphatic carbocycles. The number of H-pyrrole nitrogens is 1. The van der Waals surface area contributed by atoms with E-state index in [9.17, 15) is 0 Å². The minimum atomic E-state index is -0.0839. The molecule has 74 valence electrons. The molecule has 6 heteroatoms. The molecule has 0 aliphatic rings. The third kappa shape index (κ3) is 1.25. The SMILES string of the molecule is COc1nc(N)nc2[nH]c(CO)cc12. The maximum atomic E-state index is 8.92. The first-order chi connectivity index (χ1) is 6.74. The molecular formula is C8H10N4O2. The number of ether oxygens (including phenoxy) is 1. The van der Waals surface area contributed by atoms with E-state index >= 15 is 0 Å². The van der Waals surface area contributed by atoms with Gasteiger partial charge in [0.05, 0.1) is 19.1 Å². The Bertz CT molecular complexity index is 466. The zero-order valence-corrected chi connectivity index (χ0v) is 7.61. The van der Waals surface area contributed by atoms with Crippen molar-refractivity contribution in [3.63, 3.8) is 0 Å². The molecule has 0 unspecified atom stereocenters. The van der Waals surface area contributed by atoms with Crippen LogP contribution in [0.2, 0.25) is 0 Å². The fourth-order valence-electron chi connectivity index (χ4n) is 1.29. The molecule has 0 saturated heterocycles. The number of nitrogens with one attached hydrogen (secondary N) is 1. The third-order valence-corrected chi connectivity index (χ3v) is 1.89. The lowest BCUT2D eigenvalue weighted by atomic mass is 10.3. The lowest BCUT2D eigenvalue weighted by Crippen LogP contribution is -1.97. The van der Waals surface area contributed by atoms with E-state index in [4.69, 9.17) is 15.6 Å². The zero-order valence-electron chi connectivity index (χ0n) is 7.61. The second-order valence-electron chi connectivity index (χ2n) is 2.81. The number of anilines is 1. The number of nitrogens with two attached hydrogens (primary N) is 1. The van der Waals surface area contributed by atoms with Crippen molar-refractivity contribution in [1.29, 1.82) is 0 Å². The fourth-order valence-corrected chi connectivity index (χ4v) is 1.29. The van der Waals surface area contributed by atoms with E-state index in [1.54, 1.807) is 6.07 Å². The molecule has 2 heterocycles. The number of rotatable bonds is 2. The molecule has 0 aromatic carbocycles. The Balaban J connectivity index is 2.71. The largest absolute Gasteiger partial charge is 0.480 e. The lowest BCUT2D eigenvalue weighted by Gasteiger charge is -1.99. The van der Waals surface area contributed by atoms with Crippen LogP contribution in [-0.4, -0.2) is 27.2 Å². The molecule has 0 radical (unpaired) electrons. The highest BCUT2D eigenvalue weighted by Crippen LogP contribution is 2.23. The van der Waals surface area contributed by atoms with Gasteiger partial charge >= 0.3 is 0 Å². The summed E-state index contributed by atoms with van der Waals surface area (Å²) in [4.78, 5) is 10.8. The van der Waals surface area contributed by atoms with E-state index in [1.807, 2.05) is 0 Å². The molecule has 0 fully saturated rings. The summed E-state index contributed by atoms with van der Waals surface area (Å²) in [5.74, 6) is 0.545. The monoisotopic (exact) mass is 194 g/mol. The normalized spacial score (nSPS) is 10.7. The van der Waals surface area contributed by atoms with Gasteiger partial charge in [-0.15, -0.1) is 0 Å². The Morgan fingerprint density at radius 1 is 1.57 bits per heavy atom. The van der Waals surface area contributed by atoms with Gasteiger partial charge in [-0.2, -0.15) is 9.97 Å². The molecule has 4 N–H and O–H groups in total. The topological polar surface area (TPSA) is 97.0 Å². The average Bonchev–Trinajstić information content (AvgIpc) is 2.59. The number of aliphatic hydroxyl groups excluding tert-OH is 1. The van der Waals surface area contributed by atoms with E-state index in [2.05, 4.69) is 15.0 Å². The Morgan fingerprint density at radius 2 is 2.36 bits per heavy atom. The number of nitrogen functional groups attached to an aromatic ring is 1. The predicted octanol–water partition coefficient (Wildman–Crippen LogP) is 0.0410. The van der Waals surface area contributed by atoms with Crippen LogP contribution in [0.3, 0.4) is 0 Å². The van der Waals surface area contributed by atoms with Crippen LogP contribution in [0.4, 0.5) is 5.95 Å². The molecule has 6 nitrogen and oxygen atoms in total. The minimum Gasteiger partial charge on any atom is -0.480 e.